The van der Waals surface area contributed by atoms with Gasteiger partial charge in [-0.15, -0.1) is 0 Å². The van der Waals surface area contributed by atoms with Gasteiger partial charge in [-0.05, 0) is 26.7 Å². The summed E-state index contributed by atoms with van der Waals surface area (Å²) in [5.74, 6) is -0.108. The van der Waals surface area contributed by atoms with E-state index in [2.05, 4.69) is 5.32 Å². The molecule has 0 spiro atoms. The van der Waals surface area contributed by atoms with E-state index in [0.717, 1.165) is 19.4 Å². The Bertz CT molecular complexity index is 176. The van der Waals surface area contributed by atoms with Crippen LogP contribution >= 0.6 is 0 Å². The molecule has 0 aliphatic carbocycles. The predicted octanol–water partition coefficient (Wildman–Crippen LogP) is 0.0173. The zero-order valence-corrected chi connectivity index (χ0v) is 8.25. The molecule has 1 amide bonds. The summed E-state index contributed by atoms with van der Waals surface area (Å²) in [6.45, 7) is 4.44. The van der Waals surface area contributed by atoms with Crippen molar-refractivity contribution < 1.29 is 9.53 Å². The van der Waals surface area contributed by atoms with Crippen LogP contribution in [0.5, 0.6) is 0 Å². The van der Waals surface area contributed by atoms with Gasteiger partial charge in [0.25, 0.3) is 0 Å². The van der Waals surface area contributed by atoms with Crippen LogP contribution in [0.2, 0.25) is 0 Å². The molecule has 3 atom stereocenters. The number of nitrogens with one attached hydrogen (secondary N) is 1. The second-order valence-electron chi connectivity index (χ2n) is 3.64. The monoisotopic (exact) mass is 186 g/mol. The molecule has 0 aromatic carbocycles. The van der Waals surface area contributed by atoms with Crippen molar-refractivity contribution in [1.29, 1.82) is 0 Å². The van der Waals surface area contributed by atoms with Crippen LogP contribution in [-0.2, 0) is 9.53 Å². The summed E-state index contributed by atoms with van der Waals surface area (Å²) in [5.41, 5.74) is 5.43. The first-order chi connectivity index (χ1) is 6.11. The van der Waals surface area contributed by atoms with Gasteiger partial charge in [0.1, 0.15) is 0 Å². The third kappa shape index (κ3) is 2.97. The van der Waals surface area contributed by atoms with Crippen molar-refractivity contribution in [2.24, 2.45) is 5.73 Å². The number of carbonyl (C=O) groups excluding carboxylic acids is 1. The molecule has 0 saturated carbocycles. The molecule has 0 bridgehead atoms. The molecule has 76 valence electrons. The summed E-state index contributed by atoms with van der Waals surface area (Å²) in [6, 6.07) is -0.371. The third-order valence-electron chi connectivity index (χ3n) is 2.31. The molecule has 1 heterocycles. The molecule has 1 fully saturated rings. The van der Waals surface area contributed by atoms with E-state index in [4.69, 9.17) is 10.5 Å². The molecule has 2 unspecified atom stereocenters. The number of amides is 1. The normalized spacial score (nSPS) is 26.8. The molecule has 4 nitrogen and oxygen atoms in total. The Hall–Kier alpha value is -0.610. The van der Waals surface area contributed by atoms with Crippen molar-refractivity contribution in [2.45, 2.75) is 44.9 Å². The summed E-state index contributed by atoms with van der Waals surface area (Å²) in [7, 11) is 0. The standard InChI is InChI=1S/C9H18N2O2/c1-6(10)9(12)11-7(2)8-4-3-5-13-8/h6-8H,3-5,10H2,1-2H3,(H,11,12)/t6-,7?,8?/m1/s1. The van der Waals surface area contributed by atoms with E-state index in [1.165, 1.54) is 0 Å². The van der Waals surface area contributed by atoms with Crippen molar-refractivity contribution in [2.75, 3.05) is 6.61 Å². The van der Waals surface area contributed by atoms with Crippen molar-refractivity contribution in [1.82, 2.24) is 5.32 Å². The first-order valence-electron chi connectivity index (χ1n) is 4.79. The second-order valence-corrected chi connectivity index (χ2v) is 3.64. The highest BCUT2D eigenvalue weighted by Gasteiger charge is 2.24. The summed E-state index contributed by atoms with van der Waals surface area (Å²) in [6.07, 6.45) is 2.28. The minimum absolute atomic E-state index is 0.0704. The Kier molecular flexibility index (Phi) is 3.69. The van der Waals surface area contributed by atoms with E-state index in [0.29, 0.717) is 0 Å². The van der Waals surface area contributed by atoms with E-state index in [1.807, 2.05) is 6.92 Å². The van der Waals surface area contributed by atoms with Crippen LogP contribution in [0.1, 0.15) is 26.7 Å². The third-order valence-corrected chi connectivity index (χ3v) is 2.31. The molecule has 0 aromatic rings. The first-order valence-corrected chi connectivity index (χ1v) is 4.79. The molecule has 1 aliphatic rings. The van der Waals surface area contributed by atoms with Crippen molar-refractivity contribution in [3.63, 3.8) is 0 Å². The highest BCUT2D eigenvalue weighted by Crippen LogP contribution is 2.15. The summed E-state index contributed by atoms with van der Waals surface area (Å²) < 4.78 is 5.44. The lowest BCUT2D eigenvalue weighted by Gasteiger charge is -2.20. The Morgan fingerprint density at radius 1 is 1.62 bits per heavy atom. The minimum Gasteiger partial charge on any atom is -0.376 e. The van der Waals surface area contributed by atoms with E-state index < -0.39 is 6.04 Å². The van der Waals surface area contributed by atoms with Crippen molar-refractivity contribution in [3.05, 3.63) is 0 Å². The lowest BCUT2D eigenvalue weighted by molar-refractivity contribution is -0.123. The van der Waals surface area contributed by atoms with Gasteiger partial charge in [-0.25, -0.2) is 0 Å². The molecule has 3 N–H and O–H groups in total. The predicted molar refractivity (Wildman–Crippen MR) is 50.2 cm³/mol. The smallest absolute Gasteiger partial charge is 0.236 e. The molecule has 13 heavy (non-hydrogen) atoms. The number of carbonyl (C=O) groups is 1. The van der Waals surface area contributed by atoms with Crippen LogP contribution < -0.4 is 11.1 Å². The van der Waals surface area contributed by atoms with Gasteiger partial charge in [0.05, 0.1) is 18.2 Å². The second kappa shape index (κ2) is 4.58. The lowest BCUT2D eigenvalue weighted by atomic mass is 10.1. The van der Waals surface area contributed by atoms with Gasteiger partial charge in [0.2, 0.25) is 5.91 Å². The molecule has 1 saturated heterocycles. The maximum atomic E-state index is 11.2. The number of rotatable bonds is 3. The maximum Gasteiger partial charge on any atom is 0.236 e. The highest BCUT2D eigenvalue weighted by molar-refractivity contribution is 5.81. The summed E-state index contributed by atoms with van der Waals surface area (Å²) in [5, 5.41) is 2.83. The van der Waals surface area contributed by atoms with E-state index in [9.17, 15) is 4.79 Å². The zero-order valence-electron chi connectivity index (χ0n) is 8.25. The van der Waals surface area contributed by atoms with Gasteiger partial charge in [0.15, 0.2) is 0 Å². The average molecular weight is 186 g/mol. The molecule has 1 rings (SSSR count). The van der Waals surface area contributed by atoms with E-state index in [1.54, 1.807) is 6.92 Å². The highest BCUT2D eigenvalue weighted by atomic mass is 16.5. The molecular weight excluding hydrogens is 168 g/mol. The molecular formula is C9H18N2O2. The quantitative estimate of drug-likeness (QED) is 0.653. The van der Waals surface area contributed by atoms with Gasteiger partial charge in [0, 0.05) is 6.61 Å². The van der Waals surface area contributed by atoms with E-state index in [-0.39, 0.29) is 18.1 Å². The van der Waals surface area contributed by atoms with Crippen LogP contribution in [0.15, 0.2) is 0 Å². The van der Waals surface area contributed by atoms with Gasteiger partial charge >= 0.3 is 0 Å². The number of hydrogen-bond acceptors (Lipinski definition) is 3. The van der Waals surface area contributed by atoms with Crippen LogP contribution in [0.4, 0.5) is 0 Å². The van der Waals surface area contributed by atoms with Crippen LogP contribution in [-0.4, -0.2) is 30.7 Å². The van der Waals surface area contributed by atoms with Crippen molar-refractivity contribution >= 4 is 5.91 Å². The van der Waals surface area contributed by atoms with Crippen molar-refractivity contribution in [3.8, 4) is 0 Å². The Labute approximate surface area is 78.8 Å². The SMILES string of the molecule is CC(NC(=O)[C@@H](C)N)C1CCCO1. The van der Waals surface area contributed by atoms with Crippen LogP contribution in [0, 0.1) is 0 Å². The Morgan fingerprint density at radius 3 is 2.77 bits per heavy atom. The zero-order chi connectivity index (χ0) is 9.84. The Morgan fingerprint density at radius 2 is 2.31 bits per heavy atom. The number of ether oxygens (including phenoxy) is 1. The Balaban J connectivity index is 2.31. The summed E-state index contributed by atoms with van der Waals surface area (Å²) >= 11 is 0. The molecule has 0 radical (unpaired) electrons. The first kappa shape index (κ1) is 10.5. The molecule has 1 aliphatic heterocycles. The molecule has 4 heteroatoms. The fourth-order valence-electron chi connectivity index (χ4n) is 1.45. The lowest BCUT2D eigenvalue weighted by Crippen LogP contribution is -2.47. The maximum absolute atomic E-state index is 11.2. The number of nitrogens with two attached hydrogens (primary N) is 1. The number of hydrogen-bond donors (Lipinski definition) is 2. The fraction of sp³-hybridized carbons (Fsp3) is 0.889. The topological polar surface area (TPSA) is 64.4 Å². The van der Waals surface area contributed by atoms with Gasteiger partial charge in [-0.1, -0.05) is 0 Å². The largest absolute Gasteiger partial charge is 0.376 e. The van der Waals surface area contributed by atoms with Crippen LogP contribution in [0.25, 0.3) is 0 Å². The average Bonchev–Trinajstić information content (AvgIpc) is 2.55. The summed E-state index contributed by atoms with van der Waals surface area (Å²) in [4.78, 5) is 11.2. The molecule has 0 aromatic heterocycles. The minimum atomic E-state index is -0.441. The van der Waals surface area contributed by atoms with E-state index >= 15 is 0 Å². The van der Waals surface area contributed by atoms with Gasteiger partial charge in [-0.2, -0.15) is 0 Å². The van der Waals surface area contributed by atoms with Gasteiger partial charge < -0.3 is 15.8 Å². The van der Waals surface area contributed by atoms with Crippen LogP contribution in [0.3, 0.4) is 0 Å². The van der Waals surface area contributed by atoms with Gasteiger partial charge in [-0.3, -0.25) is 4.79 Å². The fourth-order valence-corrected chi connectivity index (χ4v) is 1.45.